The first-order valence-electron chi connectivity index (χ1n) is 6.21. The maximum absolute atomic E-state index is 11.8. The molecule has 1 heterocycles. The number of nitrogens with zero attached hydrogens (tertiary/aromatic N) is 2. The van der Waals surface area contributed by atoms with Gasteiger partial charge in [-0.15, -0.1) is 0 Å². The summed E-state index contributed by atoms with van der Waals surface area (Å²) in [5.41, 5.74) is 0.205. The third kappa shape index (κ3) is 5.61. The highest BCUT2D eigenvalue weighted by Gasteiger charge is 2.09. The molecule has 1 aromatic rings. The van der Waals surface area contributed by atoms with Crippen LogP contribution in [-0.2, 0) is 9.53 Å². The second-order valence-corrected chi connectivity index (χ2v) is 3.89. The van der Waals surface area contributed by atoms with Gasteiger partial charge in [0.2, 0.25) is 5.91 Å². The summed E-state index contributed by atoms with van der Waals surface area (Å²) >= 11 is 0. The van der Waals surface area contributed by atoms with Crippen molar-refractivity contribution in [2.24, 2.45) is 0 Å². The van der Waals surface area contributed by atoms with Crippen molar-refractivity contribution in [2.75, 3.05) is 39.2 Å². The Hall–Kier alpha value is -2.22. The van der Waals surface area contributed by atoms with Crippen molar-refractivity contribution in [1.82, 2.24) is 20.6 Å². The van der Waals surface area contributed by atoms with Crippen molar-refractivity contribution in [2.45, 2.75) is 6.42 Å². The number of amides is 2. The fourth-order valence-electron chi connectivity index (χ4n) is 1.36. The fourth-order valence-corrected chi connectivity index (χ4v) is 1.36. The largest absolute Gasteiger partial charge is 0.383 e. The molecule has 0 saturated heterocycles. The molecule has 8 heteroatoms. The maximum atomic E-state index is 11.8. The summed E-state index contributed by atoms with van der Waals surface area (Å²) in [4.78, 5) is 31.1. The Morgan fingerprint density at radius 3 is 2.75 bits per heavy atom. The van der Waals surface area contributed by atoms with E-state index >= 15 is 0 Å². The van der Waals surface area contributed by atoms with Gasteiger partial charge in [-0.2, -0.15) is 0 Å². The van der Waals surface area contributed by atoms with Crippen LogP contribution in [0.3, 0.4) is 0 Å². The maximum Gasteiger partial charge on any atom is 0.271 e. The molecule has 2 amide bonds. The van der Waals surface area contributed by atoms with Crippen LogP contribution in [0.15, 0.2) is 12.4 Å². The molecule has 1 aromatic heterocycles. The zero-order chi connectivity index (χ0) is 14.8. The number of methoxy groups -OCH3 is 1. The van der Waals surface area contributed by atoms with Crippen LogP contribution in [-0.4, -0.2) is 55.6 Å². The van der Waals surface area contributed by atoms with Crippen molar-refractivity contribution in [1.29, 1.82) is 0 Å². The van der Waals surface area contributed by atoms with Gasteiger partial charge in [0.05, 0.1) is 19.0 Å². The fraction of sp³-hybridized carbons (Fsp3) is 0.500. The molecule has 0 saturated carbocycles. The molecule has 0 aliphatic heterocycles. The number of nitrogens with one attached hydrogen (secondary N) is 3. The second kappa shape index (κ2) is 8.81. The normalized spacial score (nSPS) is 9.90. The molecule has 0 radical (unpaired) electrons. The van der Waals surface area contributed by atoms with Gasteiger partial charge in [-0.05, 0) is 0 Å². The van der Waals surface area contributed by atoms with Crippen LogP contribution in [0, 0.1) is 0 Å². The highest BCUT2D eigenvalue weighted by atomic mass is 16.5. The van der Waals surface area contributed by atoms with Crippen molar-refractivity contribution >= 4 is 17.6 Å². The van der Waals surface area contributed by atoms with Crippen LogP contribution < -0.4 is 16.0 Å². The minimum atomic E-state index is -0.362. The first kappa shape index (κ1) is 15.8. The number of hydrogen-bond acceptors (Lipinski definition) is 6. The smallest absolute Gasteiger partial charge is 0.271 e. The zero-order valence-electron chi connectivity index (χ0n) is 11.6. The van der Waals surface area contributed by atoms with Gasteiger partial charge in [-0.3, -0.25) is 14.6 Å². The lowest BCUT2D eigenvalue weighted by molar-refractivity contribution is -0.121. The van der Waals surface area contributed by atoms with Crippen molar-refractivity contribution in [3.05, 3.63) is 18.1 Å². The minimum Gasteiger partial charge on any atom is -0.383 e. The Balaban J connectivity index is 2.30. The number of anilines is 1. The summed E-state index contributed by atoms with van der Waals surface area (Å²) < 4.78 is 4.81. The Bertz CT molecular complexity index is 452. The van der Waals surface area contributed by atoms with Gasteiger partial charge in [0.25, 0.3) is 5.91 Å². The van der Waals surface area contributed by atoms with Gasteiger partial charge < -0.3 is 20.7 Å². The minimum absolute atomic E-state index is 0.141. The molecule has 1 rings (SSSR count). The van der Waals surface area contributed by atoms with Crippen LogP contribution in [0.4, 0.5) is 5.82 Å². The monoisotopic (exact) mass is 281 g/mol. The average Bonchev–Trinajstić information content (AvgIpc) is 2.47. The van der Waals surface area contributed by atoms with E-state index in [9.17, 15) is 9.59 Å². The summed E-state index contributed by atoms with van der Waals surface area (Å²) in [5, 5.41) is 8.07. The van der Waals surface area contributed by atoms with Crippen LogP contribution >= 0.6 is 0 Å². The summed E-state index contributed by atoms with van der Waals surface area (Å²) in [6.45, 7) is 1.16. The number of carbonyl (C=O) groups is 2. The van der Waals surface area contributed by atoms with Crippen LogP contribution in [0.25, 0.3) is 0 Å². The molecular weight excluding hydrogens is 262 g/mol. The predicted molar refractivity (Wildman–Crippen MR) is 73.4 cm³/mol. The van der Waals surface area contributed by atoms with E-state index in [1.54, 1.807) is 14.2 Å². The molecule has 0 aliphatic rings. The third-order valence-corrected chi connectivity index (χ3v) is 2.39. The molecular formula is C12H19N5O3. The number of rotatable bonds is 8. The molecule has 8 nitrogen and oxygen atoms in total. The van der Waals surface area contributed by atoms with Gasteiger partial charge in [0.15, 0.2) is 0 Å². The Morgan fingerprint density at radius 2 is 2.05 bits per heavy atom. The molecule has 0 spiro atoms. The van der Waals surface area contributed by atoms with Crippen molar-refractivity contribution in [3.63, 3.8) is 0 Å². The summed E-state index contributed by atoms with van der Waals surface area (Å²) in [5.74, 6) is 0.00617. The molecule has 0 atom stereocenters. The van der Waals surface area contributed by atoms with E-state index in [1.165, 1.54) is 12.4 Å². The third-order valence-electron chi connectivity index (χ3n) is 2.39. The standard InChI is InChI=1S/C12H19N5O3/c1-13-10-8-14-7-9(17-10)12(19)16-4-3-11(18)15-5-6-20-2/h7-8H,3-6H2,1-2H3,(H,13,17)(H,15,18)(H,16,19). The molecule has 0 unspecified atom stereocenters. The van der Waals surface area contributed by atoms with E-state index in [4.69, 9.17) is 4.74 Å². The molecule has 0 aromatic carbocycles. The topological polar surface area (TPSA) is 105 Å². The first-order chi connectivity index (χ1) is 9.67. The summed E-state index contributed by atoms with van der Waals surface area (Å²) in [6.07, 6.45) is 3.09. The SMILES string of the molecule is CNc1cncc(C(=O)NCCC(=O)NCCOC)n1. The molecule has 20 heavy (non-hydrogen) atoms. The van der Waals surface area contributed by atoms with E-state index in [-0.39, 0.29) is 30.5 Å². The number of aromatic nitrogens is 2. The lowest BCUT2D eigenvalue weighted by Gasteiger charge is -2.06. The van der Waals surface area contributed by atoms with Crippen LogP contribution in [0.1, 0.15) is 16.9 Å². The predicted octanol–water partition coefficient (Wildman–Crippen LogP) is -0.599. The lowest BCUT2D eigenvalue weighted by atomic mass is 10.3. The van der Waals surface area contributed by atoms with E-state index < -0.39 is 0 Å². The Kier molecular flexibility index (Phi) is 6.97. The number of ether oxygens (including phenoxy) is 1. The second-order valence-electron chi connectivity index (χ2n) is 3.89. The molecule has 3 N–H and O–H groups in total. The van der Waals surface area contributed by atoms with E-state index in [1.807, 2.05) is 0 Å². The van der Waals surface area contributed by atoms with Crippen molar-refractivity contribution in [3.8, 4) is 0 Å². The van der Waals surface area contributed by atoms with Gasteiger partial charge in [0.1, 0.15) is 11.5 Å². The lowest BCUT2D eigenvalue weighted by Crippen LogP contribution is -2.32. The van der Waals surface area contributed by atoms with E-state index in [0.29, 0.717) is 19.0 Å². The van der Waals surface area contributed by atoms with Gasteiger partial charge >= 0.3 is 0 Å². The number of carbonyl (C=O) groups excluding carboxylic acids is 2. The van der Waals surface area contributed by atoms with Crippen molar-refractivity contribution < 1.29 is 14.3 Å². The Labute approximate surface area is 117 Å². The summed E-state index contributed by atoms with van der Waals surface area (Å²) in [7, 11) is 3.25. The highest BCUT2D eigenvalue weighted by molar-refractivity contribution is 5.92. The first-order valence-corrected chi connectivity index (χ1v) is 6.21. The molecule has 0 bridgehead atoms. The van der Waals surface area contributed by atoms with Crippen LogP contribution in [0.2, 0.25) is 0 Å². The summed E-state index contributed by atoms with van der Waals surface area (Å²) in [6, 6.07) is 0. The zero-order valence-corrected chi connectivity index (χ0v) is 11.6. The van der Waals surface area contributed by atoms with Gasteiger partial charge in [-0.25, -0.2) is 4.98 Å². The van der Waals surface area contributed by atoms with Crippen LogP contribution in [0.5, 0.6) is 0 Å². The molecule has 0 fully saturated rings. The average molecular weight is 281 g/mol. The quantitative estimate of drug-likeness (QED) is 0.550. The highest BCUT2D eigenvalue weighted by Crippen LogP contribution is 2.00. The molecule has 110 valence electrons. The van der Waals surface area contributed by atoms with Gasteiger partial charge in [0, 0.05) is 33.7 Å². The van der Waals surface area contributed by atoms with E-state index in [0.717, 1.165) is 0 Å². The Morgan fingerprint density at radius 1 is 1.25 bits per heavy atom. The molecule has 0 aliphatic carbocycles. The van der Waals surface area contributed by atoms with E-state index in [2.05, 4.69) is 25.9 Å². The number of hydrogen-bond donors (Lipinski definition) is 3. The van der Waals surface area contributed by atoms with Gasteiger partial charge in [-0.1, -0.05) is 0 Å².